The summed E-state index contributed by atoms with van der Waals surface area (Å²) in [5, 5.41) is 12.0. The van der Waals surface area contributed by atoms with Crippen LogP contribution in [0.3, 0.4) is 0 Å². The van der Waals surface area contributed by atoms with Gasteiger partial charge in [0, 0.05) is 6.54 Å². The summed E-state index contributed by atoms with van der Waals surface area (Å²) in [5.74, 6) is -1.10. The zero-order valence-corrected chi connectivity index (χ0v) is 7.56. The van der Waals surface area contributed by atoms with Gasteiger partial charge in [-0.3, -0.25) is 0 Å². The highest BCUT2D eigenvalue weighted by Crippen LogP contribution is 2.41. The number of hydrogen-bond acceptors (Lipinski definition) is 5. The predicted octanol–water partition coefficient (Wildman–Crippen LogP) is 0.148. The average Bonchev–Trinajstić information content (AvgIpc) is 2.52. The summed E-state index contributed by atoms with van der Waals surface area (Å²) in [6.45, 7) is 0.425. The normalized spacial score (nSPS) is 18.9. The molecule has 0 unspecified atom stereocenters. The molecule has 6 nitrogen and oxygen atoms in total. The van der Waals surface area contributed by atoms with Crippen LogP contribution >= 0.6 is 0 Å². The maximum absolute atomic E-state index is 10.5. The Morgan fingerprint density at radius 1 is 1.64 bits per heavy atom. The van der Waals surface area contributed by atoms with Crippen LogP contribution in [0.2, 0.25) is 0 Å². The van der Waals surface area contributed by atoms with Crippen molar-refractivity contribution in [2.45, 2.75) is 24.7 Å². The van der Waals surface area contributed by atoms with E-state index in [1.54, 1.807) is 0 Å². The summed E-state index contributed by atoms with van der Waals surface area (Å²) in [6.07, 6.45) is 2.86. The summed E-state index contributed by atoms with van der Waals surface area (Å²) in [7, 11) is 0. The van der Waals surface area contributed by atoms with Gasteiger partial charge in [0.2, 0.25) is 5.89 Å². The highest BCUT2D eigenvalue weighted by atomic mass is 16.5. The van der Waals surface area contributed by atoms with E-state index in [4.69, 9.17) is 15.4 Å². The number of nitrogens with zero attached hydrogens (tertiary/aromatic N) is 2. The zero-order valence-electron chi connectivity index (χ0n) is 7.56. The molecule has 3 N–H and O–H groups in total. The molecule has 0 aliphatic heterocycles. The van der Waals surface area contributed by atoms with Crippen molar-refractivity contribution in [1.29, 1.82) is 0 Å². The molecule has 1 fully saturated rings. The second kappa shape index (κ2) is 3.06. The van der Waals surface area contributed by atoms with Crippen molar-refractivity contribution in [2.24, 2.45) is 5.73 Å². The van der Waals surface area contributed by atoms with Crippen molar-refractivity contribution >= 4 is 5.97 Å². The van der Waals surface area contributed by atoms with Gasteiger partial charge in [-0.05, 0) is 18.0 Å². The van der Waals surface area contributed by atoms with Gasteiger partial charge in [0.15, 0.2) is 0 Å². The van der Waals surface area contributed by atoms with Crippen molar-refractivity contribution in [3.63, 3.8) is 0 Å². The molecular formula is C8H11N3O3. The molecule has 1 aromatic heterocycles. The van der Waals surface area contributed by atoms with E-state index in [0.29, 0.717) is 12.4 Å². The van der Waals surface area contributed by atoms with Gasteiger partial charge in [0.1, 0.15) is 0 Å². The molecule has 1 heterocycles. The first-order valence-corrected chi connectivity index (χ1v) is 4.45. The fraction of sp³-hybridized carbons (Fsp3) is 0.625. The van der Waals surface area contributed by atoms with Crippen molar-refractivity contribution in [1.82, 2.24) is 10.1 Å². The Balaban J connectivity index is 2.27. The van der Waals surface area contributed by atoms with Crippen LogP contribution in [0.1, 0.15) is 35.8 Å². The van der Waals surface area contributed by atoms with Gasteiger partial charge in [0.05, 0.1) is 5.41 Å². The molecule has 0 amide bonds. The Morgan fingerprint density at radius 3 is 2.71 bits per heavy atom. The van der Waals surface area contributed by atoms with E-state index < -0.39 is 5.97 Å². The van der Waals surface area contributed by atoms with E-state index in [-0.39, 0.29) is 11.2 Å². The minimum absolute atomic E-state index is 0.263. The highest BCUT2D eigenvalue weighted by Gasteiger charge is 2.42. The molecule has 2 rings (SSSR count). The van der Waals surface area contributed by atoms with Gasteiger partial charge in [-0.15, -0.1) is 0 Å². The van der Waals surface area contributed by atoms with Crippen LogP contribution in [0.4, 0.5) is 0 Å². The average molecular weight is 197 g/mol. The smallest absolute Gasteiger partial charge is 0.377 e. The second-order valence-corrected chi connectivity index (χ2v) is 3.57. The van der Waals surface area contributed by atoms with Gasteiger partial charge < -0.3 is 15.4 Å². The lowest BCUT2D eigenvalue weighted by molar-refractivity contribution is 0.0680. The molecule has 0 bridgehead atoms. The first-order valence-electron chi connectivity index (χ1n) is 4.45. The fourth-order valence-corrected chi connectivity index (χ4v) is 1.63. The topological polar surface area (TPSA) is 102 Å². The monoisotopic (exact) mass is 197 g/mol. The summed E-state index contributed by atoms with van der Waals surface area (Å²) in [6, 6.07) is 0. The van der Waals surface area contributed by atoms with E-state index in [9.17, 15) is 4.79 Å². The van der Waals surface area contributed by atoms with Gasteiger partial charge in [0.25, 0.3) is 5.82 Å². The largest absolute Gasteiger partial charge is 0.475 e. The number of carbonyl (C=O) groups is 1. The van der Waals surface area contributed by atoms with Crippen LogP contribution in [0.15, 0.2) is 4.52 Å². The molecule has 14 heavy (non-hydrogen) atoms. The lowest BCUT2D eigenvalue weighted by Gasteiger charge is -2.36. The number of aromatic carboxylic acids is 1. The van der Waals surface area contributed by atoms with E-state index >= 15 is 0 Å². The molecular weight excluding hydrogens is 186 g/mol. The molecule has 0 radical (unpaired) electrons. The lowest BCUT2D eigenvalue weighted by atomic mass is 9.69. The second-order valence-electron chi connectivity index (χ2n) is 3.57. The van der Waals surface area contributed by atoms with Crippen LogP contribution < -0.4 is 5.73 Å². The van der Waals surface area contributed by atoms with Gasteiger partial charge in [-0.25, -0.2) is 4.79 Å². The van der Waals surface area contributed by atoms with Gasteiger partial charge >= 0.3 is 5.97 Å². The Morgan fingerprint density at radius 2 is 2.36 bits per heavy atom. The lowest BCUT2D eigenvalue weighted by Crippen LogP contribution is -2.41. The molecule has 0 saturated heterocycles. The fourth-order valence-electron chi connectivity index (χ4n) is 1.63. The van der Waals surface area contributed by atoms with E-state index in [1.807, 2.05) is 0 Å². The Kier molecular flexibility index (Phi) is 1.99. The van der Waals surface area contributed by atoms with Crippen LogP contribution in [0, 0.1) is 0 Å². The first kappa shape index (κ1) is 9.14. The Hall–Kier alpha value is -1.43. The third-order valence-electron chi connectivity index (χ3n) is 2.77. The summed E-state index contributed by atoms with van der Waals surface area (Å²) < 4.78 is 4.90. The van der Waals surface area contributed by atoms with Crippen molar-refractivity contribution in [3.8, 4) is 0 Å². The molecule has 0 atom stereocenters. The summed E-state index contributed by atoms with van der Waals surface area (Å²) in [5.41, 5.74) is 5.35. The Bertz CT molecular complexity index is 351. The maximum atomic E-state index is 10.5. The van der Waals surface area contributed by atoms with E-state index in [1.165, 1.54) is 0 Å². The predicted molar refractivity (Wildman–Crippen MR) is 45.8 cm³/mol. The maximum Gasteiger partial charge on any atom is 0.377 e. The van der Waals surface area contributed by atoms with Crippen LogP contribution in [0.5, 0.6) is 0 Å². The molecule has 6 heteroatoms. The number of hydrogen-bond donors (Lipinski definition) is 2. The van der Waals surface area contributed by atoms with Crippen LogP contribution in [0.25, 0.3) is 0 Å². The minimum atomic E-state index is -1.17. The number of aromatic nitrogens is 2. The first-order chi connectivity index (χ1) is 6.68. The van der Waals surface area contributed by atoms with Gasteiger partial charge in [-0.1, -0.05) is 6.42 Å². The quantitative estimate of drug-likeness (QED) is 0.714. The molecule has 1 aromatic rings. The van der Waals surface area contributed by atoms with Crippen molar-refractivity contribution in [2.75, 3.05) is 6.54 Å². The Labute approximate surface area is 80.1 Å². The number of carboxylic acids is 1. The molecule has 1 aliphatic rings. The molecule has 1 saturated carbocycles. The van der Waals surface area contributed by atoms with E-state index in [0.717, 1.165) is 19.3 Å². The third-order valence-corrected chi connectivity index (χ3v) is 2.77. The summed E-state index contributed by atoms with van der Waals surface area (Å²) in [4.78, 5) is 14.3. The van der Waals surface area contributed by atoms with E-state index in [2.05, 4.69) is 10.1 Å². The van der Waals surface area contributed by atoms with Crippen molar-refractivity contribution < 1.29 is 14.4 Å². The highest BCUT2D eigenvalue weighted by molar-refractivity contribution is 5.82. The van der Waals surface area contributed by atoms with Gasteiger partial charge in [-0.2, -0.15) is 4.98 Å². The number of nitrogens with two attached hydrogens (primary N) is 1. The van der Waals surface area contributed by atoms with Crippen molar-refractivity contribution in [3.05, 3.63) is 11.7 Å². The molecule has 0 spiro atoms. The zero-order chi connectivity index (χ0) is 10.2. The van der Waals surface area contributed by atoms with Crippen LogP contribution in [-0.4, -0.2) is 27.8 Å². The van der Waals surface area contributed by atoms with Crippen LogP contribution in [-0.2, 0) is 5.41 Å². The minimum Gasteiger partial charge on any atom is -0.475 e. The SMILES string of the molecule is NCC1(c2nc(C(=O)O)no2)CCC1. The molecule has 1 aliphatic carbocycles. The number of rotatable bonds is 3. The summed E-state index contributed by atoms with van der Waals surface area (Å²) >= 11 is 0. The third kappa shape index (κ3) is 1.19. The number of carboxylic acid groups (broad SMARTS) is 1. The molecule has 76 valence electrons. The molecule has 0 aromatic carbocycles. The standard InChI is InChI=1S/C8H11N3O3/c9-4-8(2-1-3-8)7-10-5(6(12)13)11-14-7/h1-4,9H2,(H,12,13).